The lowest BCUT2D eigenvalue weighted by molar-refractivity contribution is 0.0783. The lowest BCUT2D eigenvalue weighted by Crippen LogP contribution is -2.37. The van der Waals surface area contributed by atoms with Crippen LogP contribution < -0.4 is 5.32 Å². The summed E-state index contributed by atoms with van der Waals surface area (Å²) in [6.45, 7) is 9.22. The Morgan fingerprint density at radius 3 is 2.86 bits per heavy atom. The van der Waals surface area contributed by atoms with Crippen molar-refractivity contribution in [2.45, 2.75) is 45.3 Å². The average Bonchev–Trinajstić information content (AvgIpc) is 2.61. The van der Waals surface area contributed by atoms with Gasteiger partial charge in [-0.3, -0.25) is 0 Å². The number of nitrogens with one attached hydrogen (secondary N) is 1. The maximum absolute atomic E-state index is 5.71. The van der Waals surface area contributed by atoms with Crippen LogP contribution in [-0.4, -0.2) is 25.8 Å². The maximum atomic E-state index is 5.71. The maximum Gasteiger partial charge on any atom is 0.0616 e. The molecule has 0 bridgehead atoms. The van der Waals surface area contributed by atoms with Crippen LogP contribution in [-0.2, 0) is 4.74 Å². The average molecular weight is 197 g/mol. The number of ether oxygens (including phenoxy) is 1. The van der Waals surface area contributed by atoms with E-state index >= 15 is 0 Å². The van der Waals surface area contributed by atoms with Gasteiger partial charge in [-0.25, -0.2) is 0 Å². The van der Waals surface area contributed by atoms with Crippen LogP contribution in [0.1, 0.15) is 33.1 Å². The van der Waals surface area contributed by atoms with Gasteiger partial charge in [-0.15, -0.1) is 6.58 Å². The van der Waals surface area contributed by atoms with Crippen molar-refractivity contribution in [3.05, 3.63) is 12.2 Å². The Balaban J connectivity index is 2.54. The van der Waals surface area contributed by atoms with Crippen LogP contribution in [0.4, 0.5) is 0 Å². The lowest BCUT2D eigenvalue weighted by atomic mass is 9.88. The van der Waals surface area contributed by atoms with Gasteiger partial charge in [-0.05, 0) is 33.2 Å². The minimum Gasteiger partial charge on any atom is -0.378 e. The molecule has 0 aromatic carbocycles. The van der Waals surface area contributed by atoms with Crippen LogP contribution >= 0.6 is 0 Å². The monoisotopic (exact) mass is 197 g/mol. The van der Waals surface area contributed by atoms with E-state index in [1.807, 2.05) is 7.05 Å². The second-order valence-corrected chi connectivity index (χ2v) is 4.33. The van der Waals surface area contributed by atoms with Gasteiger partial charge in [-0.2, -0.15) is 0 Å². The van der Waals surface area contributed by atoms with Gasteiger partial charge in [0, 0.05) is 18.6 Å². The molecule has 0 aromatic rings. The Bertz CT molecular complexity index is 191. The van der Waals surface area contributed by atoms with Crippen LogP contribution in [0.15, 0.2) is 12.2 Å². The third-order valence-corrected chi connectivity index (χ3v) is 3.12. The van der Waals surface area contributed by atoms with E-state index in [9.17, 15) is 0 Å². The minimum absolute atomic E-state index is 0.451. The molecule has 1 aliphatic rings. The van der Waals surface area contributed by atoms with Crippen molar-refractivity contribution in [1.82, 2.24) is 5.32 Å². The van der Waals surface area contributed by atoms with Crippen LogP contribution in [0.25, 0.3) is 0 Å². The summed E-state index contributed by atoms with van der Waals surface area (Å²) >= 11 is 0. The molecule has 1 aliphatic heterocycles. The van der Waals surface area contributed by atoms with Crippen LogP contribution in [0.3, 0.4) is 0 Å². The normalized spacial score (nSPS) is 29.1. The van der Waals surface area contributed by atoms with Crippen molar-refractivity contribution in [3.63, 3.8) is 0 Å². The smallest absolute Gasteiger partial charge is 0.0616 e. The molecule has 3 atom stereocenters. The summed E-state index contributed by atoms with van der Waals surface area (Å²) in [7, 11) is 2.04. The lowest BCUT2D eigenvalue weighted by Gasteiger charge is -2.26. The fourth-order valence-electron chi connectivity index (χ4n) is 2.39. The first kappa shape index (κ1) is 11.7. The van der Waals surface area contributed by atoms with Crippen molar-refractivity contribution in [2.75, 3.05) is 13.7 Å². The largest absolute Gasteiger partial charge is 0.378 e. The number of rotatable bonds is 5. The van der Waals surface area contributed by atoms with Gasteiger partial charge in [0.2, 0.25) is 0 Å². The van der Waals surface area contributed by atoms with E-state index in [1.165, 1.54) is 12.0 Å². The molecule has 0 radical (unpaired) electrons. The van der Waals surface area contributed by atoms with Crippen molar-refractivity contribution in [2.24, 2.45) is 5.92 Å². The Kier molecular flexibility index (Phi) is 4.63. The predicted octanol–water partition coefficient (Wildman–Crippen LogP) is 2.36. The molecule has 1 saturated heterocycles. The summed E-state index contributed by atoms with van der Waals surface area (Å²) in [6, 6.07) is 0.542. The molecule has 3 unspecified atom stereocenters. The van der Waals surface area contributed by atoms with E-state index in [-0.39, 0.29) is 0 Å². The second-order valence-electron chi connectivity index (χ2n) is 4.33. The zero-order valence-corrected chi connectivity index (χ0v) is 9.68. The first-order chi connectivity index (χ1) is 6.69. The zero-order chi connectivity index (χ0) is 10.6. The first-order valence-corrected chi connectivity index (χ1v) is 5.62. The van der Waals surface area contributed by atoms with E-state index in [2.05, 4.69) is 25.7 Å². The van der Waals surface area contributed by atoms with E-state index in [1.54, 1.807) is 0 Å². The number of hydrogen-bond acceptors (Lipinski definition) is 2. The molecule has 0 aromatic heterocycles. The minimum atomic E-state index is 0.451. The molecule has 0 aliphatic carbocycles. The summed E-state index contributed by atoms with van der Waals surface area (Å²) < 4.78 is 5.71. The Labute approximate surface area is 87.7 Å². The third kappa shape index (κ3) is 2.82. The molecule has 0 amide bonds. The molecular formula is C12H23NO. The van der Waals surface area contributed by atoms with E-state index < -0.39 is 0 Å². The van der Waals surface area contributed by atoms with Gasteiger partial charge >= 0.3 is 0 Å². The molecule has 1 fully saturated rings. The van der Waals surface area contributed by atoms with Crippen molar-refractivity contribution >= 4 is 0 Å². The number of hydrogen-bond donors (Lipinski definition) is 1. The molecule has 1 heterocycles. The first-order valence-electron chi connectivity index (χ1n) is 5.62. The molecule has 1 N–H and O–H groups in total. The summed E-state index contributed by atoms with van der Waals surface area (Å²) in [5.74, 6) is 0.668. The Morgan fingerprint density at radius 1 is 1.64 bits per heavy atom. The Morgan fingerprint density at radius 2 is 2.36 bits per heavy atom. The summed E-state index contributed by atoms with van der Waals surface area (Å²) in [5, 5.41) is 3.40. The van der Waals surface area contributed by atoms with E-state index in [0.717, 1.165) is 19.4 Å². The SMILES string of the molecule is C=C(C)CC(NC)C1CCOC1CC. The molecule has 1 rings (SSSR count). The fourth-order valence-corrected chi connectivity index (χ4v) is 2.39. The summed E-state index contributed by atoms with van der Waals surface area (Å²) in [4.78, 5) is 0. The second kappa shape index (κ2) is 5.52. The topological polar surface area (TPSA) is 21.3 Å². The molecule has 14 heavy (non-hydrogen) atoms. The van der Waals surface area contributed by atoms with E-state index in [0.29, 0.717) is 18.1 Å². The van der Waals surface area contributed by atoms with Crippen LogP contribution in [0.5, 0.6) is 0 Å². The quantitative estimate of drug-likeness (QED) is 0.683. The standard InChI is InChI=1S/C12H23NO/c1-5-12-10(6-7-14-12)11(13-4)8-9(2)3/h10-13H,2,5-8H2,1,3-4H3. The summed E-state index contributed by atoms with van der Waals surface area (Å²) in [6.07, 6.45) is 3.84. The van der Waals surface area contributed by atoms with Crippen molar-refractivity contribution in [3.8, 4) is 0 Å². The highest BCUT2D eigenvalue weighted by Gasteiger charge is 2.32. The van der Waals surface area contributed by atoms with Crippen molar-refractivity contribution < 1.29 is 4.74 Å². The molecule has 82 valence electrons. The molecular weight excluding hydrogens is 174 g/mol. The van der Waals surface area contributed by atoms with Crippen molar-refractivity contribution in [1.29, 1.82) is 0 Å². The molecule has 0 saturated carbocycles. The highest BCUT2D eigenvalue weighted by molar-refractivity contribution is 4.97. The molecule has 2 heteroatoms. The van der Waals surface area contributed by atoms with Gasteiger partial charge in [0.25, 0.3) is 0 Å². The fraction of sp³-hybridized carbons (Fsp3) is 0.833. The van der Waals surface area contributed by atoms with Crippen LogP contribution in [0, 0.1) is 5.92 Å². The molecule has 0 spiro atoms. The van der Waals surface area contributed by atoms with Gasteiger partial charge in [0.15, 0.2) is 0 Å². The zero-order valence-electron chi connectivity index (χ0n) is 9.68. The van der Waals surface area contributed by atoms with Gasteiger partial charge in [0.05, 0.1) is 6.10 Å². The van der Waals surface area contributed by atoms with Gasteiger partial charge < -0.3 is 10.1 Å². The highest BCUT2D eigenvalue weighted by atomic mass is 16.5. The van der Waals surface area contributed by atoms with Crippen LogP contribution in [0.2, 0.25) is 0 Å². The third-order valence-electron chi connectivity index (χ3n) is 3.12. The highest BCUT2D eigenvalue weighted by Crippen LogP contribution is 2.28. The van der Waals surface area contributed by atoms with E-state index in [4.69, 9.17) is 4.74 Å². The predicted molar refractivity (Wildman–Crippen MR) is 60.4 cm³/mol. The molecule has 2 nitrogen and oxygen atoms in total. The van der Waals surface area contributed by atoms with Gasteiger partial charge in [-0.1, -0.05) is 12.5 Å². The van der Waals surface area contributed by atoms with Gasteiger partial charge in [0.1, 0.15) is 0 Å². The summed E-state index contributed by atoms with van der Waals surface area (Å²) in [5.41, 5.74) is 1.26. The Hall–Kier alpha value is -0.340.